The molecular weight excluding hydrogens is 326 g/mol. The number of nitrogens with zero attached hydrogens (tertiary/aromatic N) is 5. The highest BCUT2D eigenvalue weighted by atomic mass is 32.1. The molecule has 1 amide bonds. The van der Waals surface area contributed by atoms with E-state index in [1.54, 1.807) is 30.6 Å². The molecule has 3 heterocycles. The van der Waals surface area contributed by atoms with Crippen LogP contribution in [-0.2, 0) is 0 Å². The second-order valence-corrected chi connectivity index (χ2v) is 6.16. The number of carbonyl (C=O) groups is 1. The Morgan fingerprint density at radius 3 is 2.92 bits per heavy atom. The molecule has 1 saturated heterocycles. The molecule has 4 rings (SSSR count). The first kappa shape index (κ1) is 14.9. The van der Waals surface area contributed by atoms with E-state index in [0.29, 0.717) is 18.1 Å². The van der Waals surface area contributed by atoms with Gasteiger partial charge < -0.3 is 9.64 Å². The maximum Gasteiger partial charge on any atom is 0.316 e. The number of piperidine rings is 1. The van der Waals surface area contributed by atoms with E-state index in [0.717, 1.165) is 42.1 Å². The van der Waals surface area contributed by atoms with Crippen LogP contribution in [0.5, 0.6) is 6.01 Å². The Kier molecular flexibility index (Phi) is 4.04. The van der Waals surface area contributed by atoms with Crippen LogP contribution in [0.15, 0.2) is 36.7 Å². The molecule has 0 aliphatic carbocycles. The summed E-state index contributed by atoms with van der Waals surface area (Å²) in [5.74, 6) is -0.00724. The smallest absolute Gasteiger partial charge is 0.316 e. The fourth-order valence-corrected chi connectivity index (χ4v) is 3.33. The molecule has 1 fully saturated rings. The van der Waals surface area contributed by atoms with E-state index in [9.17, 15) is 4.79 Å². The van der Waals surface area contributed by atoms with Gasteiger partial charge in [-0.15, -0.1) is 0 Å². The number of hydrogen-bond donors (Lipinski definition) is 0. The minimum atomic E-state index is -0.0882. The molecule has 0 radical (unpaired) electrons. The van der Waals surface area contributed by atoms with Crippen molar-refractivity contribution < 1.29 is 9.53 Å². The normalized spacial score (nSPS) is 17.8. The number of carbonyl (C=O) groups excluding carboxylic acids is 1. The minimum Gasteiger partial charge on any atom is -0.458 e. The standard InChI is InChI=1S/C16H15N5O2S/c22-15(11-4-5-13-14(9-11)20-24-19-13)21-8-1-3-12(10-21)23-16-17-6-2-7-18-16/h2,4-7,9,12H,1,3,8,10H2. The molecule has 122 valence electrons. The molecular formula is C16H15N5O2S. The van der Waals surface area contributed by atoms with Crippen LogP contribution in [0.1, 0.15) is 23.2 Å². The van der Waals surface area contributed by atoms with Gasteiger partial charge in [0.15, 0.2) is 0 Å². The van der Waals surface area contributed by atoms with E-state index in [1.807, 2.05) is 11.0 Å². The van der Waals surface area contributed by atoms with Gasteiger partial charge >= 0.3 is 6.01 Å². The average Bonchev–Trinajstić information content (AvgIpc) is 3.10. The number of aromatic nitrogens is 4. The molecule has 0 saturated carbocycles. The Morgan fingerprint density at radius 2 is 2.04 bits per heavy atom. The number of hydrogen-bond acceptors (Lipinski definition) is 7. The summed E-state index contributed by atoms with van der Waals surface area (Å²) in [6.45, 7) is 1.26. The number of fused-ring (bicyclic) bond motifs is 1. The van der Waals surface area contributed by atoms with Crippen molar-refractivity contribution in [1.29, 1.82) is 0 Å². The lowest BCUT2D eigenvalue weighted by Gasteiger charge is -2.32. The summed E-state index contributed by atoms with van der Waals surface area (Å²) in [5, 5.41) is 0. The lowest BCUT2D eigenvalue weighted by Crippen LogP contribution is -2.44. The van der Waals surface area contributed by atoms with Gasteiger partial charge in [-0.2, -0.15) is 8.75 Å². The summed E-state index contributed by atoms with van der Waals surface area (Å²) in [6.07, 6.45) is 4.98. The number of likely N-dealkylation sites (tertiary alicyclic amines) is 1. The average molecular weight is 341 g/mol. The summed E-state index contributed by atoms with van der Waals surface area (Å²) in [6, 6.07) is 7.53. The van der Waals surface area contributed by atoms with Gasteiger partial charge in [-0.05, 0) is 37.1 Å². The van der Waals surface area contributed by atoms with Gasteiger partial charge in [-0.1, -0.05) is 0 Å². The largest absolute Gasteiger partial charge is 0.458 e. The zero-order chi connectivity index (χ0) is 16.4. The Hall–Kier alpha value is -2.61. The van der Waals surface area contributed by atoms with E-state index in [4.69, 9.17) is 4.74 Å². The topological polar surface area (TPSA) is 81.1 Å². The third kappa shape index (κ3) is 3.05. The Labute approximate surface area is 142 Å². The third-order valence-corrected chi connectivity index (χ3v) is 4.54. The van der Waals surface area contributed by atoms with Gasteiger partial charge in [0.05, 0.1) is 18.3 Å². The molecule has 7 nitrogen and oxygen atoms in total. The molecule has 2 aromatic heterocycles. The summed E-state index contributed by atoms with van der Waals surface area (Å²) in [7, 11) is 0. The minimum absolute atomic E-state index is 0.00724. The van der Waals surface area contributed by atoms with Crippen molar-refractivity contribution in [2.45, 2.75) is 18.9 Å². The second kappa shape index (κ2) is 6.48. The summed E-state index contributed by atoms with van der Waals surface area (Å²) >= 11 is 1.15. The molecule has 1 unspecified atom stereocenters. The van der Waals surface area contributed by atoms with Gasteiger partial charge in [0.2, 0.25) is 0 Å². The van der Waals surface area contributed by atoms with Crippen LogP contribution in [0, 0.1) is 0 Å². The molecule has 1 aliphatic heterocycles. The predicted molar refractivity (Wildman–Crippen MR) is 89.0 cm³/mol. The van der Waals surface area contributed by atoms with Gasteiger partial charge in [-0.25, -0.2) is 9.97 Å². The van der Waals surface area contributed by atoms with Crippen molar-refractivity contribution in [2.75, 3.05) is 13.1 Å². The SMILES string of the molecule is O=C(c1ccc2nsnc2c1)N1CCCC(Oc2ncccn2)C1. The number of rotatable bonds is 3. The van der Waals surface area contributed by atoms with Crippen LogP contribution in [-0.4, -0.2) is 48.7 Å². The van der Waals surface area contributed by atoms with Gasteiger partial charge in [-0.3, -0.25) is 4.79 Å². The highest BCUT2D eigenvalue weighted by Crippen LogP contribution is 2.19. The second-order valence-electron chi connectivity index (χ2n) is 5.63. The van der Waals surface area contributed by atoms with E-state index >= 15 is 0 Å². The van der Waals surface area contributed by atoms with Gasteiger partial charge in [0.25, 0.3) is 5.91 Å². The van der Waals surface area contributed by atoms with Crippen molar-refractivity contribution in [3.05, 3.63) is 42.2 Å². The monoisotopic (exact) mass is 341 g/mol. The van der Waals surface area contributed by atoms with Crippen LogP contribution >= 0.6 is 11.7 Å². The molecule has 1 atom stereocenters. The molecule has 0 N–H and O–H groups in total. The van der Waals surface area contributed by atoms with E-state index in [2.05, 4.69) is 18.7 Å². The van der Waals surface area contributed by atoms with Crippen molar-refractivity contribution in [3.63, 3.8) is 0 Å². The van der Waals surface area contributed by atoms with E-state index < -0.39 is 0 Å². The van der Waals surface area contributed by atoms with E-state index in [-0.39, 0.29) is 12.0 Å². The summed E-state index contributed by atoms with van der Waals surface area (Å²) in [5.41, 5.74) is 2.21. The summed E-state index contributed by atoms with van der Waals surface area (Å²) < 4.78 is 14.2. The quantitative estimate of drug-likeness (QED) is 0.726. The zero-order valence-electron chi connectivity index (χ0n) is 12.8. The lowest BCUT2D eigenvalue weighted by molar-refractivity contribution is 0.0516. The highest BCUT2D eigenvalue weighted by molar-refractivity contribution is 7.00. The maximum atomic E-state index is 12.8. The third-order valence-electron chi connectivity index (χ3n) is 3.98. The number of amides is 1. The first-order valence-corrected chi connectivity index (χ1v) is 8.48. The lowest BCUT2D eigenvalue weighted by atomic mass is 10.1. The van der Waals surface area contributed by atoms with Crippen molar-refractivity contribution in [3.8, 4) is 6.01 Å². The van der Waals surface area contributed by atoms with Crippen molar-refractivity contribution in [1.82, 2.24) is 23.6 Å². The maximum absolute atomic E-state index is 12.8. The van der Waals surface area contributed by atoms with Crippen LogP contribution in [0.25, 0.3) is 11.0 Å². The Morgan fingerprint density at radius 1 is 1.21 bits per heavy atom. The fourth-order valence-electron chi connectivity index (χ4n) is 2.81. The number of ether oxygens (including phenoxy) is 1. The number of benzene rings is 1. The molecule has 3 aromatic rings. The molecule has 0 bridgehead atoms. The first-order valence-electron chi connectivity index (χ1n) is 7.75. The molecule has 1 aliphatic rings. The van der Waals surface area contributed by atoms with Crippen LogP contribution in [0.3, 0.4) is 0 Å². The first-order chi connectivity index (χ1) is 11.8. The highest BCUT2D eigenvalue weighted by Gasteiger charge is 2.26. The molecule has 8 heteroatoms. The summed E-state index contributed by atoms with van der Waals surface area (Å²) in [4.78, 5) is 22.7. The predicted octanol–water partition coefficient (Wildman–Crippen LogP) is 2.16. The van der Waals surface area contributed by atoms with Gasteiger partial charge in [0, 0.05) is 24.5 Å². The molecule has 1 aromatic carbocycles. The van der Waals surface area contributed by atoms with Gasteiger partial charge in [0.1, 0.15) is 17.1 Å². The van der Waals surface area contributed by atoms with Crippen LogP contribution in [0.4, 0.5) is 0 Å². The molecule has 24 heavy (non-hydrogen) atoms. The van der Waals surface area contributed by atoms with Crippen LogP contribution in [0.2, 0.25) is 0 Å². The van der Waals surface area contributed by atoms with Crippen molar-refractivity contribution >= 4 is 28.7 Å². The molecule has 0 spiro atoms. The van der Waals surface area contributed by atoms with E-state index in [1.165, 1.54) is 0 Å². The van der Waals surface area contributed by atoms with Crippen molar-refractivity contribution in [2.24, 2.45) is 0 Å². The Balaban J connectivity index is 1.47. The van der Waals surface area contributed by atoms with Crippen LogP contribution < -0.4 is 4.74 Å². The zero-order valence-corrected chi connectivity index (χ0v) is 13.6. The Bertz CT molecular complexity index is 854. The fraction of sp³-hybridized carbons (Fsp3) is 0.312.